The molecule has 0 unspecified atom stereocenters. The molecule has 1 saturated carbocycles. The molecule has 0 N–H and O–H groups in total. The molecule has 0 aromatic carbocycles. The van der Waals surface area contributed by atoms with Gasteiger partial charge in [0.2, 0.25) is 5.91 Å². The van der Waals surface area contributed by atoms with E-state index in [1.807, 2.05) is 9.58 Å². The average Bonchev–Trinajstić information content (AvgIpc) is 2.94. The van der Waals surface area contributed by atoms with Crippen LogP contribution >= 0.6 is 0 Å². The average molecular weight is 248 g/mol. The first kappa shape index (κ1) is 11.7. The van der Waals surface area contributed by atoms with E-state index in [-0.39, 0.29) is 0 Å². The van der Waals surface area contributed by atoms with Gasteiger partial charge in [-0.2, -0.15) is 5.10 Å². The Balaban J connectivity index is 1.40. The molecule has 5 nitrogen and oxygen atoms in total. The summed E-state index contributed by atoms with van der Waals surface area (Å²) in [5.41, 5.74) is 0. The van der Waals surface area contributed by atoms with Gasteiger partial charge in [0, 0.05) is 32.0 Å². The molecular formula is C13H20N4O. The van der Waals surface area contributed by atoms with Gasteiger partial charge < -0.3 is 4.90 Å². The number of likely N-dealkylation sites (tertiary alicyclic amines) is 1. The van der Waals surface area contributed by atoms with Crippen LogP contribution in [-0.4, -0.2) is 38.7 Å². The SMILES string of the molecule is O=C(CC1CCCC1)N1CC(Cn2cncn2)C1. The van der Waals surface area contributed by atoms with Gasteiger partial charge in [0.15, 0.2) is 0 Å². The Bertz CT molecular complexity index is 391. The molecule has 2 fully saturated rings. The summed E-state index contributed by atoms with van der Waals surface area (Å²) in [5.74, 6) is 1.57. The van der Waals surface area contributed by atoms with Gasteiger partial charge in [0.05, 0.1) is 0 Å². The summed E-state index contributed by atoms with van der Waals surface area (Å²) in [6.45, 7) is 2.67. The molecule has 5 heteroatoms. The van der Waals surface area contributed by atoms with E-state index in [0.717, 1.165) is 26.1 Å². The van der Waals surface area contributed by atoms with E-state index in [1.165, 1.54) is 25.7 Å². The molecule has 0 bridgehead atoms. The van der Waals surface area contributed by atoms with Crippen LogP contribution in [0.3, 0.4) is 0 Å². The van der Waals surface area contributed by atoms with Crippen LogP contribution < -0.4 is 0 Å². The fourth-order valence-electron chi connectivity index (χ4n) is 3.07. The van der Waals surface area contributed by atoms with Crippen LogP contribution in [0.2, 0.25) is 0 Å². The minimum absolute atomic E-state index is 0.358. The molecule has 1 aliphatic heterocycles. The van der Waals surface area contributed by atoms with E-state index in [1.54, 1.807) is 12.7 Å². The van der Waals surface area contributed by atoms with Crippen molar-refractivity contribution in [1.82, 2.24) is 19.7 Å². The maximum Gasteiger partial charge on any atom is 0.222 e. The number of amides is 1. The van der Waals surface area contributed by atoms with Crippen LogP contribution in [0.15, 0.2) is 12.7 Å². The van der Waals surface area contributed by atoms with Crippen LogP contribution in [0.1, 0.15) is 32.1 Å². The number of rotatable bonds is 4. The molecule has 18 heavy (non-hydrogen) atoms. The van der Waals surface area contributed by atoms with Crippen molar-refractivity contribution in [3.63, 3.8) is 0 Å². The second-order valence-corrected chi connectivity index (χ2v) is 5.64. The molecule has 0 spiro atoms. The van der Waals surface area contributed by atoms with Crippen molar-refractivity contribution in [3.8, 4) is 0 Å². The number of hydrogen-bond donors (Lipinski definition) is 0. The van der Waals surface area contributed by atoms with Gasteiger partial charge in [-0.1, -0.05) is 12.8 Å². The molecule has 1 saturated heterocycles. The Morgan fingerprint density at radius 3 is 2.67 bits per heavy atom. The maximum atomic E-state index is 12.0. The van der Waals surface area contributed by atoms with Crippen LogP contribution in [-0.2, 0) is 11.3 Å². The summed E-state index contributed by atoms with van der Waals surface area (Å²) in [6, 6.07) is 0. The van der Waals surface area contributed by atoms with Crippen molar-refractivity contribution < 1.29 is 4.79 Å². The molecular weight excluding hydrogens is 228 g/mol. The van der Waals surface area contributed by atoms with E-state index >= 15 is 0 Å². The number of hydrogen-bond acceptors (Lipinski definition) is 3. The molecule has 1 aliphatic carbocycles. The predicted molar refractivity (Wildman–Crippen MR) is 66.7 cm³/mol. The highest BCUT2D eigenvalue weighted by atomic mass is 16.2. The van der Waals surface area contributed by atoms with Crippen LogP contribution in [0.25, 0.3) is 0 Å². The third kappa shape index (κ3) is 2.54. The normalized spacial score (nSPS) is 21.2. The van der Waals surface area contributed by atoms with E-state index < -0.39 is 0 Å². The molecule has 98 valence electrons. The van der Waals surface area contributed by atoms with Crippen molar-refractivity contribution in [3.05, 3.63) is 12.7 Å². The smallest absolute Gasteiger partial charge is 0.222 e. The lowest BCUT2D eigenvalue weighted by molar-refractivity contribution is -0.138. The van der Waals surface area contributed by atoms with Crippen molar-refractivity contribution in [1.29, 1.82) is 0 Å². The molecule has 0 radical (unpaired) electrons. The Morgan fingerprint density at radius 1 is 1.22 bits per heavy atom. The van der Waals surface area contributed by atoms with E-state index in [2.05, 4.69) is 10.1 Å². The second-order valence-electron chi connectivity index (χ2n) is 5.64. The minimum Gasteiger partial charge on any atom is -0.342 e. The zero-order valence-corrected chi connectivity index (χ0v) is 10.7. The van der Waals surface area contributed by atoms with Crippen LogP contribution in [0.4, 0.5) is 0 Å². The van der Waals surface area contributed by atoms with Gasteiger partial charge in [0.25, 0.3) is 0 Å². The Kier molecular flexibility index (Phi) is 3.30. The van der Waals surface area contributed by atoms with Gasteiger partial charge in [0.1, 0.15) is 12.7 Å². The number of carbonyl (C=O) groups is 1. The molecule has 2 heterocycles. The largest absolute Gasteiger partial charge is 0.342 e. The number of nitrogens with zero attached hydrogens (tertiary/aromatic N) is 4. The lowest BCUT2D eigenvalue weighted by Gasteiger charge is -2.39. The van der Waals surface area contributed by atoms with Crippen LogP contribution in [0, 0.1) is 11.8 Å². The highest BCUT2D eigenvalue weighted by Gasteiger charge is 2.32. The third-order valence-electron chi connectivity index (χ3n) is 4.16. The maximum absolute atomic E-state index is 12.0. The van der Waals surface area contributed by atoms with E-state index in [9.17, 15) is 4.79 Å². The lowest BCUT2D eigenvalue weighted by Crippen LogP contribution is -2.51. The predicted octanol–water partition coefficient (Wildman–Crippen LogP) is 1.32. The fraction of sp³-hybridized carbons (Fsp3) is 0.769. The summed E-state index contributed by atoms with van der Waals surface area (Å²) in [6.07, 6.45) is 9.20. The number of aromatic nitrogens is 3. The quantitative estimate of drug-likeness (QED) is 0.807. The standard InChI is InChI=1S/C13H20N4O/c18-13(5-11-3-1-2-4-11)16-6-12(7-16)8-17-10-14-9-15-17/h9-12H,1-8H2. The summed E-state index contributed by atoms with van der Waals surface area (Å²) >= 11 is 0. The zero-order chi connectivity index (χ0) is 12.4. The zero-order valence-electron chi connectivity index (χ0n) is 10.7. The highest BCUT2D eigenvalue weighted by molar-refractivity contribution is 5.77. The van der Waals surface area contributed by atoms with E-state index in [4.69, 9.17) is 0 Å². The Hall–Kier alpha value is -1.39. The summed E-state index contributed by atoms with van der Waals surface area (Å²) in [5, 5.41) is 4.09. The molecule has 3 rings (SSSR count). The van der Waals surface area contributed by atoms with Crippen molar-refractivity contribution >= 4 is 5.91 Å². The molecule has 1 aromatic heterocycles. The van der Waals surface area contributed by atoms with Crippen molar-refractivity contribution in [2.45, 2.75) is 38.6 Å². The molecule has 0 atom stereocenters. The van der Waals surface area contributed by atoms with Gasteiger partial charge in [-0.25, -0.2) is 4.98 Å². The topological polar surface area (TPSA) is 51.0 Å². The van der Waals surface area contributed by atoms with Gasteiger partial charge >= 0.3 is 0 Å². The first-order valence-electron chi connectivity index (χ1n) is 6.91. The Labute approximate surface area is 107 Å². The first-order valence-corrected chi connectivity index (χ1v) is 6.91. The van der Waals surface area contributed by atoms with Gasteiger partial charge in [-0.05, 0) is 18.8 Å². The minimum atomic E-state index is 0.358. The van der Waals surface area contributed by atoms with E-state index in [0.29, 0.717) is 17.7 Å². The second kappa shape index (κ2) is 5.08. The van der Waals surface area contributed by atoms with Gasteiger partial charge in [-0.15, -0.1) is 0 Å². The van der Waals surface area contributed by atoms with Crippen molar-refractivity contribution in [2.75, 3.05) is 13.1 Å². The molecule has 1 aromatic rings. The monoisotopic (exact) mass is 248 g/mol. The summed E-state index contributed by atoms with van der Waals surface area (Å²) in [4.78, 5) is 17.9. The van der Waals surface area contributed by atoms with Crippen LogP contribution in [0.5, 0.6) is 0 Å². The van der Waals surface area contributed by atoms with Crippen molar-refractivity contribution in [2.24, 2.45) is 11.8 Å². The fourth-order valence-corrected chi connectivity index (χ4v) is 3.07. The summed E-state index contributed by atoms with van der Waals surface area (Å²) < 4.78 is 1.85. The molecule has 1 amide bonds. The summed E-state index contributed by atoms with van der Waals surface area (Å²) in [7, 11) is 0. The Morgan fingerprint density at radius 2 is 2.00 bits per heavy atom. The van der Waals surface area contributed by atoms with Gasteiger partial charge in [-0.3, -0.25) is 9.48 Å². The third-order valence-corrected chi connectivity index (χ3v) is 4.16. The molecule has 2 aliphatic rings. The lowest BCUT2D eigenvalue weighted by atomic mass is 9.97. The number of carbonyl (C=O) groups excluding carboxylic acids is 1. The highest BCUT2D eigenvalue weighted by Crippen LogP contribution is 2.29. The first-order chi connectivity index (χ1) is 8.81.